The molecule has 0 aromatic rings. The minimum absolute atomic E-state index is 0.106. The Bertz CT molecular complexity index is 1380. The standard InChI is InChI=1S/C63H106O6/c1-4-7-10-13-16-19-22-25-28-30-31-33-36-39-42-45-48-51-54-57-63(66)69-60(58-67-61(64)55-52-49-46-43-40-37-34-27-24-21-18-15-12-9-6-3)59-68-62(65)56-53-50-47-44-41-38-35-32-29-26-23-20-17-14-11-8-5-2/h16-17,19-20,25-26,28-29,31,33,35,38-39,42,44,47,60H,4-15,18,21-24,27,30,32,34,36-37,40-41,43,45-46,48-59H2,1-3H3/b19-16-,20-17-,28-25-,29-26-,33-31-,38-35-,42-39-,47-44-/t60-/m0/s1. The number of esters is 3. The molecule has 0 aliphatic heterocycles. The molecule has 0 saturated heterocycles. The van der Waals surface area contributed by atoms with Gasteiger partial charge >= 0.3 is 17.9 Å². The number of allylic oxidation sites excluding steroid dienone is 16. The molecule has 0 aromatic carbocycles. The van der Waals surface area contributed by atoms with Crippen molar-refractivity contribution in [3.05, 3.63) is 97.2 Å². The van der Waals surface area contributed by atoms with Crippen molar-refractivity contribution in [1.82, 2.24) is 0 Å². The smallest absolute Gasteiger partial charge is 0.306 e. The Labute approximate surface area is 426 Å². The SMILES string of the molecule is CCCCC/C=C\C/C=C\C/C=C\C/C=C\CCCCCC(=O)O[C@H](COC(=O)CCC/C=C\C/C=C\C/C=C\C/C=C\CCCCC)COC(=O)CCCCCCCCCCCCCCCCC. The first-order valence-corrected chi connectivity index (χ1v) is 28.7. The fourth-order valence-corrected chi connectivity index (χ4v) is 7.71. The molecule has 0 spiro atoms. The van der Waals surface area contributed by atoms with E-state index >= 15 is 0 Å². The first-order valence-electron chi connectivity index (χ1n) is 28.7. The third kappa shape index (κ3) is 55.1. The van der Waals surface area contributed by atoms with Crippen LogP contribution >= 0.6 is 0 Å². The molecular formula is C63H106O6. The molecule has 6 nitrogen and oxygen atoms in total. The Morgan fingerprint density at radius 2 is 0.536 bits per heavy atom. The summed E-state index contributed by atoms with van der Waals surface area (Å²) in [5.74, 6) is -0.992. The summed E-state index contributed by atoms with van der Waals surface area (Å²) in [5.41, 5.74) is 0. The zero-order chi connectivity index (χ0) is 50.0. The molecule has 0 amide bonds. The molecule has 0 radical (unpaired) electrons. The number of hydrogen-bond acceptors (Lipinski definition) is 6. The number of ether oxygens (including phenoxy) is 3. The van der Waals surface area contributed by atoms with Crippen LogP contribution in [0.4, 0.5) is 0 Å². The molecule has 0 aliphatic carbocycles. The Morgan fingerprint density at radius 1 is 0.290 bits per heavy atom. The van der Waals surface area contributed by atoms with E-state index in [-0.39, 0.29) is 44.0 Å². The van der Waals surface area contributed by atoms with E-state index in [0.29, 0.717) is 12.8 Å². The van der Waals surface area contributed by atoms with Gasteiger partial charge in [-0.1, -0.05) is 240 Å². The highest BCUT2D eigenvalue weighted by atomic mass is 16.6. The molecule has 0 unspecified atom stereocenters. The van der Waals surface area contributed by atoms with Crippen LogP contribution in [0.3, 0.4) is 0 Å². The van der Waals surface area contributed by atoms with E-state index in [0.717, 1.165) is 89.9 Å². The summed E-state index contributed by atoms with van der Waals surface area (Å²) >= 11 is 0. The van der Waals surface area contributed by atoms with Gasteiger partial charge in [-0.25, -0.2) is 0 Å². The third-order valence-electron chi connectivity index (χ3n) is 12.1. The fourth-order valence-electron chi connectivity index (χ4n) is 7.71. The number of unbranched alkanes of at least 4 members (excludes halogenated alkanes) is 24. The van der Waals surface area contributed by atoms with Crippen molar-refractivity contribution in [3.8, 4) is 0 Å². The fraction of sp³-hybridized carbons (Fsp3) is 0.698. The average Bonchev–Trinajstić information content (AvgIpc) is 3.35. The summed E-state index contributed by atoms with van der Waals surface area (Å²) < 4.78 is 16.8. The van der Waals surface area contributed by atoms with E-state index in [1.807, 2.05) is 0 Å². The molecule has 0 aromatic heterocycles. The lowest BCUT2D eigenvalue weighted by atomic mass is 10.0. The summed E-state index contributed by atoms with van der Waals surface area (Å²) in [7, 11) is 0. The normalized spacial score (nSPS) is 12.8. The number of carbonyl (C=O) groups is 3. The number of carbonyl (C=O) groups excluding carboxylic acids is 3. The van der Waals surface area contributed by atoms with Gasteiger partial charge in [0.05, 0.1) is 0 Å². The van der Waals surface area contributed by atoms with Crippen LogP contribution in [0.2, 0.25) is 0 Å². The summed E-state index contributed by atoms with van der Waals surface area (Å²) in [6.45, 7) is 6.52. The van der Waals surface area contributed by atoms with Crippen molar-refractivity contribution in [2.45, 2.75) is 271 Å². The van der Waals surface area contributed by atoms with E-state index in [1.54, 1.807) is 0 Å². The van der Waals surface area contributed by atoms with Crippen LogP contribution in [0.15, 0.2) is 97.2 Å². The van der Waals surface area contributed by atoms with Gasteiger partial charge in [0.15, 0.2) is 6.10 Å². The van der Waals surface area contributed by atoms with Crippen molar-refractivity contribution in [2.75, 3.05) is 13.2 Å². The Balaban J connectivity index is 4.53. The zero-order valence-electron chi connectivity index (χ0n) is 45.0. The Kier molecular flexibility index (Phi) is 53.9. The molecular weight excluding hydrogens is 853 g/mol. The van der Waals surface area contributed by atoms with E-state index in [4.69, 9.17) is 14.2 Å². The first kappa shape index (κ1) is 65.3. The van der Waals surface area contributed by atoms with E-state index in [9.17, 15) is 14.4 Å². The summed E-state index contributed by atoms with van der Waals surface area (Å²) in [6.07, 6.45) is 75.4. The lowest BCUT2D eigenvalue weighted by molar-refractivity contribution is -0.167. The van der Waals surface area contributed by atoms with Crippen molar-refractivity contribution < 1.29 is 28.6 Å². The molecule has 0 fully saturated rings. The van der Waals surface area contributed by atoms with Gasteiger partial charge in [0, 0.05) is 19.3 Å². The quantitative estimate of drug-likeness (QED) is 0.0262. The summed E-state index contributed by atoms with van der Waals surface area (Å²) in [5, 5.41) is 0. The maximum Gasteiger partial charge on any atom is 0.306 e. The van der Waals surface area contributed by atoms with Crippen molar-refractivity contribution >= 4 is 17.9 Å². The van der Waals surface area contributed by atoms with Gasteiger partial charge in [-0.15, -0.1) is 0 Å². The van der Waals surface area contributed by atoms with Gasteiger partial charge in [0.2, 0.25) is 0 Å². The van der Waals surface area contributed by atoms with Gasteiger partial charge in [-0.05, 0) is 103 Å². The predicted molar refractivity (Wildman–Crippen MR) is 297 cm³/mol. The Morgan fingerprint density at radius 3 is 0.899 bits per heavy atom. The van der Waals surface area contributed by atoms with Crippen LogP contribution in [0.5, 0.6) is 0 Å². The molecule has 0 saturated carbocycles. The Hall–Kier alpha value is -3.67. The van der Waals surface area contributed by atoms with Crippen LogP contribution in [-0.2, 0) is 28.6 Å². The summed E-state index contributed by atoms with van der Waals surface area (Å²) in [6, 6.07) is 0. The van der Waals surface area contributed by atoms with E-state index < -0.39 is 6.10 Å². The van der Waals surface area contributed by atoms with Crippen LogP contribution in [0.25, 0.3) is 0 Å². The second kappa shape index (κ2) is 56.9. The van der Waals surface area contributed by atoms with E-state index in [2.05, 4.69) is 118 Å². The minimum atomic E-state index is -0.816. The van der Waals surface area contributed by atoms with Gasteiger partial charge in [-0.2, -0.15) is 0 Å². The van der Waals surface area contributed by atoms with Crippen LogP contribution < -0.4 is 0 Å². The van der Waals surface area contributed by atoms with Gasteiger partial charge in [-0.3, -0.25) is 14.4 Å². The highest BCUT2D eigenvalue weighted by Gasteiger charge is 2.19. The van der Waals surface area contributed by atoms with Gasteiger partial charge in [0.1, 0.15) is 13.2 Å². The molecule has 0 heterocycles. The molecule has 0 N–H and O–H groups in total. The number of rotatable bonds is 51. The maximum absolute atomic E-state index is 12.8. The lowest BCUT2D eigenvalue weighted by Gasteiger charge is -2.18. The molecule has 394 valence electrons. The molecule has 1 atom stereocenters. The zero-order valence-corrected chi connectivity index (χ0v) is 45.0. The van der Waals surface area contributed by atoms with Crippen LogP contribution in [0.1, 0.15) is 265 Å². The molecule has 0 rings (SSSR count). The monoisotopic (exact) mass is 959 g/mol. The highest BCUT2D eigenvalue weighted by Crippen LogP contribution is 2.15. The first-order chi connectivity index (χ1) is 34.0. The predicted octanol–water partition coefficient (Wildman–Crippen LogP) is 19.3. The highest BCUT2D eigenvalue weighted by molar-refractivity contribution is 5.71. The lowest BCUT2D eigenvalue weighted by Crippen LogP contribution is -2.30. The van der Waals surface area contributed by atoms with Crippen LogP contribution in [-0.4, -0.2) is 37.2 Å². The average molecular weight is 960 g/mol. The molecule has 6 heteroatoms. The summed E-state index contributed by atoms with van der Waals surface area (Å²) in [4.78, 5) is 38.1. The second-order valence-corrected chi connectivity index (χ2v) is 18.8. The van der Waals surface area contributed by atoms with Crippen LogP contribution in [0, 0.1) is 0 Å². The van der Waals surface area contributed by atoms with Crippen molar-refractivity contribution in [3.63, 3.8) is 0 Å². The van der Waals surface area contributed by atoms with Gasteiger partial charge < -0.3 is 14.2 Å². The largest absolute Gasteiger partial charge is 0.462 e. The van der Waals surface area contributed by atoms with Gasteiger partial charge in [0.25, 0.3) is 0 Å². The second-order valence-electron chi connectivity index (χ2n) is 18.8. The van der Waals surface area contributed by atoms with E-state index in [1.165, 1.54) is 128 Å². The molecule has 0 bridgehead atoms. The van der Waals surface area contributed by atoms with Crippen molar-refractivity contribution in [2.24, 2.45) is 0 Å². The van der Waals surface area contributed by atoms with Crippen molar-refractivity contribution in [1.29, 1.82) is 0 Å². The maximum atomic E-state index is 12.8. The number of hydrogen-bond donors (Lipinski definition) is 0. The third-order valence-corrected chi connectivity index (χ3v) is 12.1. The minimum Gasteiger partial charge on any atom is -0.462 e. The molecule has 0 aliphatic rings. The topological polar surface area (TPSA) is 78.9 Å². The molecule has 69 heavy (non-hydrogen) atoms.